The smallest absolute Gasteiger partial charge is 0.497 e. The van der Waals surface area contributed by atoms with Crippen molar-refractivity contribution in [3.8, 4) is 11.5 Å². The van der Waals surface area contributed by atoms with Crippen molar-refractivity contribution in [1.29, 1.82) is 0 Å². The lowest BCUT2D eigenvalue weighted by atomic mass is 9.80. The number of hydrogen-bond donors (Lipinski definition) is 0. The minimum absolute atomic E-state index is 0.0723. The van der Waals surface area contributed by atoms with Crippen molar-refractivity contribution in [3.63, 3.8) is 0 Å². The molecule has 2 nitrogen and oxygen atoms in total. The highest BCUT2D eigenvalue weighted by Crippen LogP contribution is 2.22. The molecule has 2 aromatic carbocycles. The first kappa shape index (κ1) is 16.1. The van der Waals surface area contributed by atoms with E-state index in [1.54, 1.807) is 0 Å². The fourth-order valence-corrected chi connectivity index (χ4v) is 1.76. The monoisotopic (exact) mass is 317 g/mol. The van der Waals surface area contributed by atoms with Gasteiger partial charge in [0.05, 0.1) is 7.11 Å². The second-order valence-electron chi connectivity index (χ2n) is 4.51. The van der Waals surface area contributed by atoms with Gasteiger partial charge in [0.2, 0.25) is 0 Å². The van der Waals surface area contributed by atoms with E-state index in [4.69, 9.17) is 9.47 Å². The van der Waals surface area contributed by atoms with Gasteiger partial charge in [0.15, 0.2) is 11.6 Å². The molecule has 0 saturated carbocycles. The predicted molar refractivity (Wildman–Crippen MR) is 72.4 cm³/mol. The molecule has 0 atom stereocenters. The maximum atomic E-state index is 13.7. The van der Waals surface area contributed by atoms with E-state index in [2.05, 4.69) is 0 Å². The molecule has 0 fully saturated rings. The third-order valence-electron chi connectivity index (χ3n) is 2.98. The summed E-state index contributed by atoms with van der Waals surface area (Å²) < 4.78 is 74.8. The summed E-state index contributed by atoms with van der Waals surface area (Å²) in [4.78, 5) is 0. The van der Waals surface area contributed by atoms with E-state index in [0.717, 1.165) is 6.07 Å². The molecule has 0 spiro atoms. The maximum absolute atomic E-state index is 13.7. The SMILES string of the molecule is COc1ccc(COc2cc([B-](F)(F)F)ccc2F)c(F)c1. The standard InChI is InChI=1S/C14H11BF5O2/c1-21-11-4-2-9(13(17)7-11)8-22-14-6-10(15(18,19)20)3-5-12(14)16/h2-7H,8H2,1H3/q-1. The average Bonchev–Trinajstić information content (AvgIpc) is 2.46. The summed E-state index contributed by atoms with van der Waals surface area (Å²) in [5.41, 5.74) is -0.908. The topological polar surface area (TPSA) is 18.5 Å². The zero-order valence-electron chi connectivity index (χ0n) is 11.5. The fourth-order valence-electron chi connectivity index (χ4n) is 1.76. The second-order valence-corrected chi connectivity index (χ2v) is 4.51. The van der Waals surface area contributed by atoms with Gasteiger partial charge in [-0.3, -0.25) is 0 Å². The van der Waals surface area contributed by atoms with E-state index in [-0.39, 0.29) is 11.3 Å². The normalized spacial score (nSPS) is 11.4. The highest BCUT2D eigenvalue weighted by Gasteiger charge is 2.26. The molecule has 0 aliphatic heterocycles. The fraction of sp³-hybridized carbons (Fsp3) is 0.143. The molecule has 8 heteroatoms. The Hall–Kier alpha value is -2.25. The first-order valence-corrected chi connectivity index (χ1v) is 6.26. The van der Waals surface area contributed by atoms with Crippen LogP contribution < -0.4 is 14.9 Å². The summed E-state index contributed by atoms with van der Waals surface area (Å²) in [7, 11) is 1.37. The van der Waals surface area contributed by atoms with Crippen LogP contribution in [-0.2, 0) is 6.61 Å². The lowest BCUT2D eigenvalue weighted by Crippen LogP contribution is -2.34. The number of hydrogen-bond acceptors (Lipinski definition) is 2. The van der Waals surface area contributed by atoms with E-state index in [9.17, 15) is 21.7 Å². The van der Waals surface area contributed by atoms with Crippen LogP contribution >= 0.6 is 0 Å². The summed E-state index contributed by atoms with van der Waals surface area (Å²) in [6.45, 7) is -5.66. The van der Waals surface area contributed by atoms with Crippen LogP contribution in [0.25, 0.3) is 0 Å². The molecule has 0 unspecified atom stereocenters. The summed E-state index contributed by atoms with van der Waals surface area (Å²) in [6.07, 6.45) is 0. The molecule has 2 rings (SSSR count). The Bertz CT molecular complexity index is 673. The van der Waals surface area contributed by atoms with Crippen LogP contribution in [0, 0.1) is 11.6 Å². The molecule has 0 aromatic heterocycles. The Balaban J connectivity index is 2.18. The highest BCUT2D eigenvalue weighted by molar-refractivity contribution is 6.73. The van der Waals surface area contributed by atoms with Crippen LogP contribution in [0.1, 0.15) is 5.56 Å². The molecule has 22 heavy (non-hydrogen) atoms. The molecule has 0 radical (unpaired) electrons. The Morgan fingerprint density at radius 1 is 0.955 bits per heavy atom. The van der Waals surface area contributed by atoms with Crippen LogP contribution in [0.4, 0.5) is 21.7 Å². The van der Waals surface area contributed by atoms with Crippen LogP contribution in [0.15, 0.2) is 36.4 Å². The van der Waals surface area contributed by atoms with Crippen molar-refractivity contribution >= 4 is 12.4 Å². The van der Waals surface area contributed by atoms with Crippen molar-refractivity contribution in [2.24, 2.45) is 0 Å². The van der Waals surface area contributed by atoms with Gasteiger partial charge < -0.3 is 22.4 Å². The maximum Gasteiger partial charge on any atom is 0.509 e. The van der Waals surface area contributed by atoms with Gasteiger partial charge in [-0.15, -0.1) is 5.46 Å². The number of benzene rings is 2. The van der Waals surface area contributed by atoms with Gasteiger partial charge in [-0.1, -0.05) is 6.07 Å². The Morgan fingerprint density at radius 2 is 1.68 bits per heavy atom. The van der Waals surface area contributed by atoms with Gasteiger partial charge in [-0.2, -0.15) is 0 Å². The highest BCUT2D eigenvalue weighted by atomic mass is 19.4. The van der Waals surface area contributed by atoms with E-state index < -0.39 is 36.4 Å². The zero-order valence-corrected chi connectivity index (χ0v) is 11.5. The van der Waals surface area contributed by atoms with E-state index in [0.29, 0.717) is 18.2 Å². The van der Waals surface area contributed by atoms with Gasteiger partial charge in [0, 0.05) is 11.6 Å². The molecule has 0 bridgehead atoms. The number of ether oxygens (including phenoxy) is 2. The van der Waals surface area contributed by atoms with Crippen molar-refractivity contribution in [1.82, 2.24) is 0 Å². The van der Waals surface area contributed by atoms with Gasteiger partial charge in [-0.05, 0) is 24.3 Å². The Labute approximate surface area is 123 Å². The molecule has 0 heterocycles. The third kappa shape index (κ3) is 3.69. The van der Waals surface area contributed by atoms with E-state index in [1.165, 1.54) is 19.2 Å². The molecular formula is C14H11BF5O2-. The lowest BCUT2D eigenvalue weighted by molar-refractivity contribution is 0.284. The first-order chi connectivity index (χ1) is 10.3. The predicted octanol–water partition coefficient (Wildman–Crippen LogP) is 3.61. The Morgan fingerprint density at radius 3 is 2.27 bits per heavy atom. The summed E-state index contributed by atoms with van der Waals surface area (Å²) in [5, 5.41) is 0. The number of rotatable bonds is 5. The lowest BCUT2D eigenvalue weighted by Gasteiger charge is -2.16. The number of halogens is 5. The molecule has 0 aliphatic carbocycles. The summed E-state index contributed by atoms with van der Waals surface area (Å²) in [6, 6.07) is 5.79. The second kappa shape index (κ2) is 6.25. The van der Waals surface area contributed by atoms with Crippen molar-refractivity contribution in [3.05, 3.63) is 53.6 Å². The van der Waals surface area contributed by atoms with Crippen molar-refractivity contribution in [2.75, 3.05) is 7.11 Å². The van der Waals surface area contributed by atoms with Crippen molar-refractivity contribution in [2.45, 2.75) is 6.61 Å². The van der Waals surface area contributed by atoms with Crippen LogP contribution in [0.5, 0.6) is 11.5 Å². The van der Waals surface area contributed by atoms with Crippen LogP contribution in [-0.4, -0.2) is 14.1 Å². The molecule has 0 aliphatic rings. The zero-order chi connectivity index (χ0) is 16.3. The van der Waals surface area contributed by atoms with Crippen LogP contribution in [0.2, 0.25) is 0 Å². The number of methoxy groups -OCH3 is 1. The quantitative estimate of drug-likeness (QED) is 0.620. The van der Waals surface area contributed by atoms with Crippen LogP contribution in [0.3, 0.4) is 0 Å². The van der Waals surface area contributed by atoms with Gasteiger partial charge in [0.25, 0.3) is 0 Å². The summed E-state index contributed by atoms with van der Waals surface area (Å²) in [5.74, 6) is -1.89. The molecule has 0 amide bonds. The molecule has 0 N–H and O–H groups in total. The molecule has 0 saturated heterocycles. The minimum Gasteiger partial charge on any atom is -0.497 e. The molecule has 2 aromatic rings. The molecule has 118 valence electrons. The third-order valence-corrected chi connectivity index (χ3v) is 2.98. The van der Waals surface area contributed by atoms with Gasteiger partial charge in [-0.25, -0.2) is 8.78 Å². The molecular weight excluding hydrogens is 306 g/mol. The summed E-state index contributed by atoms with van der Waals surface area (Å²) >= 11 is 0. The minimum atomic E-state index is -5.26. The first-order valence-electron chi connectivity index (χ1n) is 6.26. The average molecular weight is 317 g/mol. The van der Waals surface area contributed by atoms with E-state index >= 15 is 0 Å². The van der Waals surface area contributed by atoms with Gasteiger partial charge in [0.1, 0.15) is 18.2 Å². The Kier molecular flexibility index (Phi) is 4.58. The van der Waals surface area contributed by atoms with Gasteiger partial charge >= 0.3 is 6.98 Å². The largest absolute Gasteiger partial charge is 0.509 e. The van der Waals surface area contributed by atoms with E-state index in [1.807, 2.05) is 0 Å². The van der Waals surface area contributed by atoms with Crippen molar-refractivity contribution < 1.29 is 31.2 Å².